The Kier molecular flexibility index (Phi) is 7.67. The van der Waals surface area contributed by atoms with Gasteiger partial charge in [-0.25, -0.2) is 4.98 Å². The van der Waals surface area contributed by atoms with Gasteiger partial charge in [0.1, 0.15) is 11.1 Å². The number of hydrogen-bond donors (Lipinski definition) is 2. The molecule has 0 saturated carbocycles. The fourth-order valence-corrected chi connectivity index (χ4v) is 3.97. The average Bonchev–Trinajstić information content (AvgIpc) is 3.04. The van der Waals surface area contributed by atoms with E-state index in [2.05, 4.69) is 27.0 Å². The number of carbonyl (C=O) groups is 2. The van der Waals surface area contributed by atoms with Crippen molar-refractivity contribution < 1.29 is 43.8 Å². The molecule has 0 bridgehead atoms. The van der Waals surface area contributed by atoms with Crippen molar-refractivity contribution in [2.75, 3.05) is 6.54 Å². The molecular weight excluding hydrogens is 477 g/mol. The van der Waals surface area contributed by atoms with Crippen molar-refractivity contribution in [3.8, 4) is 11.8 Å². The molecule has 0 spiro atoms. The second kappa shape index (κ2) is 9.62. The Morgan fingerprint density at radius 1 is 1.30 bits per heavy atom. The first-order valence-corrected chi connectivity index (χ1v) is 9.58. The Labute approximate surface area is 195 Å². The summed E-state index contributed by atoms with van der Waals surface area (Å²) < 4.78 is 30.4. The van der Waals surface area contributed by atoms with Crippen molar-refractivity contribution in [2.24, 2.45) is 0 Å². The third-order valence-electron chi connectivity index (χ3n) is 3.83. The molecule has 0 unspecified atom stereocenters. The standard InChI is InChI=1S/C18H11BrF2N4O3S.Li.H/c19-14-8-24-17(29-18(20,21)16(28)23-9-15(26)27)25(14)13-6-5-10(7-22)11-3-1-2-4-12(11)13;;/h1-6,8H,9H2,(H,23,28)(H,26,27);;/q;+1;-1. The van der Waals surface area contributed by atoms with Gasteiger partial charge in [0.05, 0.1) is 23.5 Å². The van der Waals surface area contributed by atoms with Crippen molar-refractivity contribution in [1.29, 1.82) is 5.26 Å². The number of hydrogen-bond acceptors (Lipinski definition) is 5. The molecule has 7 nitrogen and oxygen atoms in total. The fourth-order valence-electron chi connectivity index (χ4n) is 2.60. The summed E-state index contributed by atoms with van der Waals surface area (Å²) in [4.78, 5) is 26.1. The maximum Gasteiger partial charge on any atom is 1.00 e. The van der Waals surface area contributed by atoms with E-state index in [-0.39, 0.29) is 37.2 Å². The number of aliphatic carboxylic acids is 1. The molecule has 2 aromatic carbocycles. The van der Waals surface area contributed by atoms with Crippen LogP contribution in [0.25, 0.3) is 16.5 Å². The first-order chi connectivity index (χ1) is 13.7. The van der Waals surface area contributed by atoms with Gasteiger partial charge in [-0.1, -0.05) is 24.3 Å². The summed E-state index contributed by atoms with van der Waals surface area (Å²) in [6.07, 6.45) is 1.31. The molecule has 0 aliphatic rings. The van der Waals surface area contributed by atoms with E-state index in [1.807, 2.05) is 0 Å². The Balaban J connectivity index is 0.00000240. The summed E-state index contributed by atoms with van der Waals surface area (Å²) in [6.45, 7) is -0.923. The van der Waals surface area contributed by atoms with Crippen molar-refractivity contribution >= 4 is 50.3 Å². The SMILES string of the molecule is N#Cc1ccc(-n2c(Br)cnc2SC(F)(F)C(=O)NCC(=O)O)c2ccccc12.[H-].[Li+]. The number of aromatic nitrogens is 2. The van der Waals surface area contributed by atoms with Gasteiger partial charge in [0.2, 0.25) is 0 Å². The number of carboxylic acid groups (broad SMARTS) is 1. The summed E-state index contributed by atoms with van der Waals surface area (Å²) in [7, 11) is 0. The minimum Gasteiger partial charge on any atom is -1.00 e. The number of imidazole rings is 1. The van der Waals surface area contributed by atoms with Crippen LogP contribution in [0.3, 0.4) is 0 Å². The van der Waals surface area contributed by atoms with Gasteiger partial charge in [-0.05, 0) is 39.8 Å². The van der Waals surface area contributed by atoms with E-state index < -0.39 is 23.7 Å². The molecule has 1 aromatic heterocycles. The van der Waals surface area contributed by atoms with Crippen LogP contribution in [0.15, 0.2) is 52.4 Å². The molecule has 30 heavy (non-hydrogen) atoms. The Hall–Kier alpha value is -2.37. The quantitative estimate of drug-likeness (QED) is 0.389. The number of rotatable bonds is 6. The molecule has 0 aliphatic heterocycles. The van der Waals surface area contributed by atoms with Crippen molar-refractivity contribution in [2.45, 2.75) is 10.4 Å². The predicted octanol–water partition coefficient (Wildman–Crippen LogP) is 0.662. The normalized spacial score (nSPS) is 10.9. The second-order valence-corrected chi connectivity index (χ2v) is 7.58. The van der Waals surface area contributed by atoms with E-state index in [9.17, 15) is 23.6 Å². The number of carboxylic acids is 1. The molecule has 0 fully saturated rings. The zero-order chi connectivity index (χ0) is 21.2. The number of alkyl halides is 2. The van der Waals surface area contributed by atoms with E-state index in [1.165, 1.54) is 10.8 Å². The first kappa shape index (κ1) is 23.9. The number of nitrogens with one attached hydrogen (secondary N) is 1. The van der Waals surface area contributed by atoms with Crippen LogP contribution >= 0.6 is 27.7 Å². The fraction of sp³-hybridized carbons (Fsp3) is 0.111. The predicted molar refractivity (Wildman–Crippen MR) is 106 cm³/mol. The molecule has 1 amide bonds. The van der Waals surface area contributed by atoms with Crippen LogP contribution in [0, 0.1) is 11.3 Å². The molecule has 0 radical (unpaired) electrons. The molecular formula is C18H12BrF2LiN4O3S. The molecule has 2 N–H and O–H groups in total. The van der Waals surface area contributed by atoms with Gasteiger partial charge >= 0.3 is 36.0 Å². The third-order valence-corrected chi connectivity index (χ3v) is 5.30. The summed E-state index contributed by atoms with van der Waals surface area (Å²) in [5.41, 5.74) is 0.904. The van der Waals surface area contributed by atoms with Crippen molar-refractivity contribution in [3.63, 3.8) is 0 Å². The van der Waals surface area contributed by atoms with E-state index in [0.29, 0.717) is 26.6 Å². The second-order valence-electron chi connectivity index (χ2n) is 5.68. The van der Waals surface area contributed by atoms with Gasteiger partial charge in [-0.2, -0.15) is 14.0 Å². The number of nitrogens with zero attached hydrogens (tertiary/aromatic N) is 3. The Bertz CT molecular complexity index is 1170. The number of thioether (sulfide) groups is 1. The monoisotopic (exact) mass is 488 g/mol. The van der Waals surface area contributed by atoms with Gasteiger partial charge in [-0.15, -0.1) is 0 Å². The van der Waals surface area contributed by atoms with Crippen LogP contribution < -0.4 is 24.2 Å². The number of amides is 1. The zero-order valence-corrected chi connectivity index (χ0v) is 17.8. The summed E-state index contributed by atoms with van der Waals surface area (Å²) in [6, 6.07) is 12.2. The summed E-state index contributed by atoms with van der Waals surface area (Å²) in [5, 5.41) is 16.6. The number of halogens is 3. The minimum absolute atomic E-state index is 0. The summed E-state index contributed by atoms with van der Waals surface area (Å²) >= 11 is 3.15. The van der Waals surface area contributed by atoms with Crippen LogP contribution in [0.2, 0.25) is 0 Å². The number of nitriles is 1. The topological polar surface area (TPSA) is 108 Å². The van der Waals surface area contributed by atoms with Gasteiger partial charge in [0.15, 0.2) is 5.16 Å². The van der Waals surface area contributed by atoms with E-state index in [1.54, 1.807) is 41.7 Å². The first-order valence-electron chi connectivity index (χ1n) is 7.97. The smallest absolute Gasteiger partial charge is 1.00 e. The summed E-state index contributed by atoms with van der Waals surface area (Å²) in [5.74, 6) is -3.17. The molecule has 3 rings (SSSR count). The van der Waals surface area contributed by atoms with Crippen LogP contribution in [0.1, 0.15) is 6.99 Å². The maximum atomic E-state index is 14.3. The molecule has 0 atom stereocenters. The molecule has 12 heteroatoms. The Morgan fingerprint density at radius 2 is 1.97 bits per heavy atom. The van der Waals surface area contributed by atoms with Crippen molar-refractivity contribution in [1.82, 2.24) is 14.9 Å². The number of fused-ring (bicyclic) bond motifs is 1. The Morgan fingerprint density at radius 3 is 2.60 bits per heavy atom. The molecule has 3 aromatic rings. The van der Waals surface area contributed by atoms with Gasteiger partial charge in [0, 0.05) is 10.8 Å². The van der Waals surface area contributed by atoms with E-state index in [4.69, 9.17) is 5.11 Å². The molecule has 0 saturated heterocycles. The third kappa shape index (κ3) is 4.85. The molecule has 0 aliphatic carbocycles. The average molecular weight is 489 g/mol. The maximum absolute atomic E-state index is 14.3. The molecule has 150 valence electrons. The minimum atomic E-state index is -3.96. The van der Waals surface area contributed by atoms with Crippen LogP contribution in [0.5, 0.6) is 0 Å². The van der Waals surface area contributed by atoms with Crippen molar-refractivity contribution in [3.05, 3.63) is 52.8 Å². The van der Waals surface area contributed by atoms with E-state index >= 15 is 0 Å². The largest absolute Gasteiger partial charge is 1.00 e. The van der Waals surface area contributed by atoms with Crippen LogP contribution in [-0.2, 0) is 9.59 Å². The van der Waals surface area contributed by atoms with Gasteiger partial charge < -0.3 is 11.8 Å². The molecule has 1 heterocycles. The van der Waals surface area contributed by atoms with Crippen LogP contribution in [-0.4, -0.2) is 38.3 Å². The number of benzene rings is 2. The van der Waals surface area contributed by atoms with Crippen LogP contribution in [0.4, 0.5) is 8.78 Å². The van der Waals surface area contributed by atoms with Gasteiger partial charge in [0.25, 0.3) is 0 Å². The zero-order valence-electron chi connectivity index (χ0n) is 16.4. The van der Waals surface area contributed by atoms with E-state index in [0.717, 1.165) is 0 Å². The van der Waals surface area contributed by atoms with Gasteiger partial charge in [-0.3, -0.25) is 14.2 Å². The number of carbonyl (C=O) groups excluding carboxylic acids is 1.